The summed E-state index contributed by atoms with van der Waals surface area (Å²) >= 11 is 0. The third kappa shape index (κ3) is 9.51. The number of hydrogen-bond donors (Lipinski definition) is 0. The number of hydrogen-bond acceptors (Lipinski definition) is 2. The van der Waals surface area contributed by atoms with Crippen molar-refractivity contribution in [2.75, 3.05) is 0 Å². The predicted octanol–water partition coefficient (Wildman–Crippen LogP) is 3.06. The quantitative estimate of drug-likeness (QED) is 0.321. The first-order chi connectivity index (χ1) is 9.28. The first-order valence-corrected chi connectivity index (χ1v) is 6.45. The number of aromatic nitrogens is 2. The van der Waals surface area contributed by atoms with Crippen molar-refractivity contribution in [3.8, 4) is 6.19 Å². The second-order valence-corrected chi connectivity index (χ2v) is 4.01. The average molecular weight is 259 g/mol. The van der Waals surface area contributed by atoms with E-state index in [0.29, 0.717) is 0 Å². The van der Waals surface area contributed by atoms with Gasteiger partial charge in [0.05, 0.1) is 18.9 Å². The van der Waals surface area contributed by atoms with E-state index in [1.54, 1.807) is 0 Å². The monoisotopic (exact) mass is 259 g/mol. The normalized spacial score (nSPS) is 8.63. The van der Waals surface area contributed by atoms with Crippen LogP contribution in [0.4, 0.5) is 0 Å². The van der Waals surface area contributed by atoms with Crippen molar-refractivity contribution in [1.29, 1.82) is 5.26 Å². The molecule has 0 aromatic carbocycles. The highest BCUT2D eigenvalue weighted by Crippen LogP contribution is 2.01. The van der Waals surface area contributed by atoms with E-state index in [1.165, 1.54) is 44.3 Å². The largest absolute Gasteiger partial charge is 0.422 e. The molecule has 0 atom stereocenters. The smallest absolute Gasteiger partial charge is 0.248 e. The summed E-state index contributed by atoms with van der Waals surface area (Å²) in [7, 11) is 0. The Kier molecular flexibility index (Phi) is 10.9. The van der Waals surface area contributed by atoms with Gasteiger partial charge in [0.2, 0.25) is 6.33 Å². The number of nitriles is 1. The molecule has 19 heavy (non-hydrogen) atoms. The van der Waals surface area contributed by atoms with Crippen molar-refractivity contribution in [1.82, 2.24) is 4.57 Å². The topological polar surface area (TPSA) is 67.3 Å². The summed E-state index contributed by atoms with van der Waals surface area (Å²) in [6.07, 6.45) is 16.0. The fourth-order valence-corrected chi connectivity index (χ4v) is 1.57. The van der Waals surface area contributed by atoms with Gasteiger partial charge in [0.25, 0.3) is 0 Å². The maximum atomic E-state index is 7.43. The number of rotatable bonds is 7. The van der Waals surface area contributed by atoms with Crippen LogP contribution in [0.2, 0.25) is 0 Å². The number of aliphatic imine (C=N–C) groups is 1. The van der Waals surface area contributed by atoms with Crippen LogP contribution in [0.1, 0.15) is 39.0 Å². The van der Waals surface area contributed by atoms with Crippen molar-refractivity contribution in [3.63, 3.8) is 0 Å². The average Bonchev–Trinajstić information content (AvgIpc) is 2.88. The van der Waals surface area contributed by atoms with E-state index >= 15 is 0 Å². The van der Waals surface area contributed by atoms with Gasteiger partial charge in [0.1, 0.15) is 12.4 Å². The Hall–Kier alpha value is -2.18. The Morgan fingerprint density at radius 2 is 2.16 bits per heavy atom. The molecule has 0 spiro atoms. The van der Waals surface area contributed by atoms with Crippen LogP contribution < -0.4 is 4.57 Å². The molecular formula is C14H21N5. The van der Waals surface area contributed by atoms with Crippen molar-refractivity contribution >= 4 is 12.2 Å². The third-order valence-electron chi connectivity index (χ3n) is 2.54. The van der Waals surface area contributed by atoms with Crippen LogP contribution in [0, 0.1) is 11.5 Å². The first-order valence-electron chi connectivity index (χ1n) is 6.45. The molecule has 0 aliphatic rings. The molecule has 1 heterocycles. The van der Waals surface area contributed by atoms with Crippen LogP contribution in [-0.4, -0.2) is 10.6 Å². The van der Waals surface area contributed by atoms with E-state index in [0.717, 1.165) is 6.54 Å². The molecular weight excluding hydrogens is 238 g/mol. The molecule has 1 aromatic rings. The van der Waals surface area contributed by atoms with E-state index < -0.39 is 0 Å². The third-order valence-corrected chi connectivity index (χ3v) is 2.54. The van der Waals surface area contributed by atoms with Gasteiger partial charge >= 0.3 is 0 Å². The van der Waals surface area contributed by atoms with Gasteiger partial charge in [-0.3, -0.25) is 0 Å². The molecule has 0 amide bonds. The molecule has 0 unspecified atom stereocenters. The zero-order chi connectivity index (χ0) is 14.3. The lowest BCUT2D eigenvalue weighted by atomic mass is 10.1. The molecule has 5 nitrogen and oxygen atoms in total. The molecule has 1 rings (SSSR count). The van der Waals surface area contributed by atoms with Gasteiger partial charge in [0.15, 0.2) is 0 Å². The summed E-state index contributed by atoms with van der Waals surface area (Å²) in [6, 6.07) is 1.28. The zero-order valence-electron chi connectivity index (χ0n) is 11.5. The highest BCUT2D eigenvalue weighted by molar-refractivity contribution is 5.46. The lowest BCUT2D eigenvalue weighted by Crippen LogP contribution is -2.30. The molecule has 0 fully saturated rings. The number of nitrogens with zero attached hydrogens (tertiary/aromatic N) is 5. The molecule has 0 N–H and O–H groups in total. The van der Waals surface area contributed by atoms with Gasteiger partial charge < -0.3 is 10.4 Å². The van der Waals surface area contributed by atoms with Crippen LogP contribution in [0.15, 0.2) is 30.3 Å². The van der Waals surface area contributed by atoms with Crippen LogP contribution in [0.25, 0.3) is 11.6 Å². The van der Waals surface area contributed by atoms with E-state index in [9.17, 15) is 0 Å². The van der Waals surface area contributed by atoms with Crippen molar-refractivity contribution in [2.45, 2.75) is 45.6 Å². The van der Waals surface area contributed by atoms with Gasteiger partial charge in [-0.25, -0.2) is 9.13 Å². The minimum absolute atomic E-state index is 1.13. The van der Waals surface area contributed by atoms with Crippen LogP contribution in [0.5, 0.6) is 0 Å². The standard InChI is InChI=1S/C12H21N2.C2N3/c1-3-5-6-7-8-9-14-11-10-13(4-2)12-14;3-1-5-2-4/h4,10-12H,2-3,5-9H2,1H3;/q+1;-1. The summed E-state index contributed by atoms with van der Waals surface area (Å²) in [5.74, 6) is 0. The Labute approximate surface area is 115 Å². The fourth-order valence-electron chi connectivity index (χ4n) is 1.57. The zero-order valence-corrected chi connectivity index (χ0v) is 11.5. The van der Waals surface area contributed by atoms with Crippen molar-refractivity contribution in [3.05, 3.63) is 30.7 Å². The molecule has 0 radical (unpaired) electrons. The number of unbranched alkanes of at least 4 members (excludes halogenated alkanes) is 4. The lowest BCUT2D eigenvalue weighted by molar-refractivity contribution is -0.696. The van der Waals surface area contributed by atoms with E-state index in [1.807, 2.05) is 17.0 Å². The molecule has 0 saturated carbocycles. The van der Waals surface area contributed by atoms with E-state index in [4.69, 9.17) is 10.7 Å². The summed E-state index contributed by atoms with van der Waals surface area (Å²) in [5, 5.41) is 14.9. The van der Waals surface area contributed by atoms with Crippen molar-refractivity contribution in [2.24, 2.45) is 4.99 Å². The minimum Gasteiger partial charge on any atom is -0.422 e. The predicted molar refractivity (Wildman–Crippen MR) is 76.2 cm³/mol. The SMILES string of the molecule is C=Cn1cc[n+](CCCCCCC)c1.N#CN=C=[N-]. The molecule has 0 saturated heterocycles. The summed E-state index contributed by atoms with van der Waals surface area (Å²) < 4.78 is 4.19. The van der Waals surface area contributed by atoms with Crippen molar-refractivity contribution < 1.29 is 4.57 Å². The number of imidazole rings is 1. The fraction of sp³-hybridized carbons (Fsp3) is 0.500. The van der Waals surface area contributed by atoms with Gasteiger partial charge in [-0.1, -0.05) is 32.8 Å². The highest BCUT2D eigenvalue weighted by Gasteiger charge is 1.99. The maximum absolute atomic E-state index is 7.43. The Morgan fingerprint density at radius 3 is 2.63 bits per heavy atom. The lowest BCUT2D eigenvalue weighted by Gasteiger charge is -1.97. The van der Waals surface area contributed by atoms with Gasteiger partial charge in [-0.05, 0) is 12.8 Å². The molecule has 0 aliphatic carbocycles. The minimum atomic E-state index is 1.13. The van der Waals surface area contributed by atoms with Crippen LogP contribution >= 0.6 is 0 Å². The van der Waals surface area contributed by atoms with Gasteiger partial charge in [0, 0.05) is 0 Å². The molecule has 5 heteroatoms. The van der Waals surface area contributed by atoms with E-state index in [2.05, 4.69) is 35.6 Å². The second kappa shape index (κ2) is 12.3. The summed E-state index contributed by atoms with van der Waals surface area (Å²) in [4.78, 5) is 2.58. The second-order valence-electron chi connectivity index (χ2n) is 4.01. The van der Waals surface area contributed by atoms with E-state index in [-0.39, 0.29) is 0 Å². The molecule has 1 aromatic heterocycles. The van der Waals surface area contributed by atoms with Crippen LogP contribution in [0.3, 0.4) is 0 Å². The summed E-state index contributed by atoms with van der Waals surface area (Å²) in [5.41, 5.74) is 0. The first kappa shape index (κ1) is 16.8. The molecule has 102 valence electrons. The highest BCUT2D eigenvalue weighted by atomic mass is 15.1. The Bertz CT molecular complexity index is 435. The van der Waals surface area contributed by atoms with Gasteiger partial charge in [-0.15, -0.1) is 6.01 Å². The summed E-state index contributed by atoms with van der Waals surface area (Å²) in [6.45, 7) is 7.09. The molecule has 0 aliphatic heterocycles. The Balaban J connectivity index is 0.000000555. The van der Waals surface area contributed by atoms with Crippen LogP contribution in [-0.2, 0) is 6.54 Å². The van der Waals surface area contributed by atoms with Gasteiger partial charge in [-0.2, -0.15) is 5.26 Å². The maximum Gasteiger partial charge on any atom is 0.248 e. The molecule has 0 bridgehead atoms. The Morgan fingerprint density at radius 1 is 1.42 bits per heavy atom. The number of aryl methyl sites for hydroxylation is 1.